The van der Waals surface area contributed by atoms with Crippen LogP contribution in [0.15, 0.2) is 22.8 Å². The standard InChI is InChI=1S/C10H8BrF6N3O/c1-5(21)19-8(9(12,13)14,10(15,16)17)20-7-3-2-6(11)4-18-7/h2-4H,1H3,(H,18,20)(H,19,21)/p+1. The molecule has 0 radical (unpaired) electrons. The number of halogens is 7. The zero-order valence-electron chi connectivity index (χ0n) is 10.3. The second-order valence-electron chi connectivity index (χ2n) is 3.97. The zero-order chi connectivity index (χ0) is 16.5. The van der Waals surface area contributed by atoms with Gasteiger partial charge in [0, 0.05) is 13.0 Å². The van der Waals surface area contributed by atoms with Crippen molar-refractivity contribution in [3.8, 4) is 0 Å². The maximum Gasteiger partial charge on any atom is 0.462 e. The minimum atomic E-state index is -5.82. The average Bonchev–Trinajstić information content (AvgIpc) is 2.27. The number of nitrogens with one attached hydrogen (secondary N) is 3. The predicted octanol–water partition coefficient (Wildman–Crippen LogP) is 2.63. The van der Waals surface area contributed by atoms with Gasteiger partial charge in [-0.1, -0.05) is 0 Å². The van der Waals surface area contributed by atoms with Gasteiger partial charge in [0.05, 0.1) is 4.47 Å². The Kier molecular flexibility index (Phi) is 4.76. The number of hydrogen-bond donors (Lipinski definition) is 2. The number of rotatable bonds is 3. The molecule has 0 aromatic carbocycles. The third-order valence-corrected chi connectivity index (χ3v) is 2.80. The lowest BCUT2D eigenvalue weighted by Crippen LogP contribution is -2.72. The van der Waals surface area contributed by atoms with Crippen LogP contribution in [0.4, 0.5) is 32.2 Å². The molecule has 1 rings (SSSR count). The van der Waals surface area contributed by atoms with Crippen LogP contribution in [0.5, 0.6) is 0 Å². The lowest BCUT2D eigenvalue weighted by atomic mass is 10.1. The minimum Gasteiger partial charge on any atom is -0.300 e. The Morgan fingerprint density at radius 3 is 2.00 bits per heavy atom. The van der Waals surface area contributed by atoms with Crippen LogP contribution in [0.2, 0.25) is 0 Å². The molecule has 21 heavy (non-hydrogen) atoms. The topological polar surface area (TPSA) is 55.3 Å². The van der Waals surface area contributed by atoms with E-state index in [1.807, 2.05) is 0 Å². The Morgan fingerprint density at radius 2 is 1.67 bits per heavy atom. The highest BCUT2D eigenvalue weighted by Gasteiger charge is 2.76. The van der Waals surface area contributed by atoms with E-state index in [9.17, 15) is 31.1 Å². The SMILES string of the molecule is CC(=O)NC(Nc1ccc(Br)c[nH+]1)(C(F)(F)F)C(F)(F)F. The minimum absolute atomic E-state index is 0.414. The number of H-pyrrole nitrogens is 1. The largest absolute Gasteiger partial charge is 0.462 e. The van der Waals surface area contributed by atoms with E-state index in [-0.39, 0.29) is 0 Å². The summed E-state index contributed by atoms with van der Waals surface area (Å²) in [5.74, 6) is -2.07. The van der Waals surface area contributed by atoms with E-state index in [1.165, 1.54) is 11.4 Å². The lowest BCUT2D eigenvalue weighted by molar-refractivity contribution is -0.368. The van der Waals surface area contributed by atoms with Crippen LogP contribution in [0.25, 0.3) is 0 Å². The van der Waals surface area contributed by atoms with Crippen molar-refractivity contribution >= 4 is 27.7 Å². The predicted molar refractivity (Wildman–Crippen MR) is 63.0 cm³/mol. The average molecular weight is 381 g/mol. The molecule has 0 aliphatic rings. The van der Waals surface area contributed by atoms with Crippen LogP contribution in [-0.2, 0) is 4.79 Å². The number of amides is 1. The first-order valence-corrected chi connectivity index (χ1v) is 6.06. The van der Waals surface area contributed by atoms with Crippen molar-refractivity contribution < 1.29 is 36.1 Å². The van der Waals surface area contributed by atoms with Crippen molar-refractivity contribution in [2.75, 3.05) is 5.32 Å². The van der Waals surface area contributed by atoms with Crippen LogP contribution in [-0.4, -0.2) is 23.9 Å². The molecule has 4 nitrogen and oxygen atoms in total. The van der Waals surface area contributed by atoms with Gasteiger partial charge in [0.2, 0.25) is 5.91 Å². The molecule has 0 atom stereocenters. The quantitative estimate of drug-likeness (QED) is 0.625. The number of alkyl halides is 6. The molecular formula is C10H9BrF6N3O+. The van der Waals surface area contributed by atoms with Crippen molar-refractivity contribution in [3.63, 3.8) is 0 Å². The van der Waals surface area contributed by atoms with Crippen molar-refractivity contribution in [3.05, 3.63) is 22.8 Å². The Morgan fingerprint density at radius 1 is 1.14 bits per heavy atom. The second-order valence-corrected chi connectivity index (χ2v) is 4.89. The molecule has 0 bridgehead atoms. The summed E-state index contributed by atoms with van der Waals surface area (Å²) in [5, 5.41) is 2.18. The number of aromatic nitrogens is 1. The van der Waals surface area contributed by atoms with E-state index in [4.69, 9.17) is 0 Å². The Labute approximate surface area is 123 Å². The van der Waals surface area contributed by atoms with Gasteiger partial charge in [-0.3, -0.25) is 4.79 Å². The molecule has 1 heterocycles. The lowest BCUT2D eigenvalue weighted by Gasteiger charge is -2.34. The molecule has 3 N–H and O–H groups in total. The summed E-state index contributed by atoms with van der Waals surface area (Å²) >= 11 is 2.97. The van der Waals surface area contributed by atoms with Gasteiger partial charge in [-0.05, 0) is 22.0 Å². The number of anilines is 1. The van der Waals surface area contributed by atoms with E-state index < -0.39 is 29.7 Å². The second kappa shape index (κ2) is 5.70. The van der Waals surface area contributed by atoms with Crippen LogP contribution in [0, 0.1) is 0 Å². The third kappa shape index (κ3) is 3.77. The molecule has 0 unspecified atom stereocenters. The van der Waals surface area contributed by atoms with Gasteiger partial charge < -0.3 is 5.32 Å². The smallest absolute Gasteiger partial charge is 0.300 e. The highest BCUT2D eigenvalue weighted by atomic mass is 79.9. The normalized spacial score (nSPS) is 13.0. The van der Waals surface area contributed by atoms with E-state index in [0.717, 1.165) is 17.6 Å². The molecule has 1 aromatic heterocycles. The Bertz CT molecular complexity index is 499. The molecule has 0 spiro atoms. The fourth-order valence-corrected chi connectivity index (χ4v) is 1.67. The van der Waals surface area contributed by atoms with Gasteiger partial charge in [-0.15, -0.1) is 0 Å². The van der Waals surface area contributed by atoms with Crippen LogP contribution < -0.4 is 15.6 Å². The first-order chi connectivity index (χ1) is 9.39. The number of carbonyl (C=O) groups is 1. The molecule has 1 amide bonds. The molecule has 0 saturated carbocycles. The summed E-state index contributed by atoms with van der Waals surface area (Å²) in [7, 11) is 0. The number of hydrogen-bond acceptors (Lipinski definition) is 2. The van der Waals surface area contributed by atoms with Gasteiger partial charge in [-0.25, -0.2) is 10.3 Å². The molecular weight excluding hydrogens is 372 g/mol. The summed E-state index contributed by atoms with van der Waals surface area (Å²) in [6.45, 7) is 0.555. The van der Waals surface area contributed by atoms with Crippen molar-refractivity contribution in [2.45, 2.75) is 24.9 Å². The highest BCUT2D eigenvalue weighted by Crippen LogP contribution is 2.43. The number of carbonyl (C=O) groups excluding carboxylic acids is 1. The third-order valence-electron chi connectivity index (χ3n) is 2.31. The summed E-state index contributed by atoms with van der Waals surface area (Å²) in [6.07, 6.45) is -10.5. The van der Waals surface area contributed by atoms with Crippen molar-refractivity contribution in [2.24, 2.45) is 0 Å². The van der Waals surface area contributed by atoms with E-state index in [2.05, 4.69) is 20.9 Å². The Balaban J connectivity index is 3.35. The summed E-state index contributed by atoms with van der Waals surface area (Å²) in [5.41, 5.74) is -4.60. The molecule has 0 saturated heterocycles. The maximum absolute atomic E-state index is 13.0. The summed E-state index contributed by atoms with van der Waals surface area (Å²) in [6, 6.07) is 2.18. The van der Waals surface area contributed by atoms with Crippen LogP contribution >= 0.6 is 15.9 Å². The molecule has 0 fully saturated rings. The Hall–Kier alpha value is -1.52. The van der Waals surface area contributed by atoms with E-state index in [1.54, 1.807) is 0 Å². The fourth-order valence-electron chi connectivity index (χ4n) is 1.43. The van der Waals surface area contributed by atoms with Gasteiger partial charge in [0.25, 0.3) is 5.82 Å². The van der Waals surface area contributed by atoms with Crippen molar-refractivity contribution in [1.82, 2.24) is 5.32 Å². The molecule has 11 heteroatoms. The number of aromatic amines is 1. The first kappa shape index (κ1) is 17.5. The molecule has 118 valence electrons. The summed E-state index contributed by atoms with van der Waals surface area (Å²) in [4.78, 5) is 13.0. The van der Waals surface area contributed by atoms with Gasteiger partial charge in [-0.2, -0.15) is 26.3 Å². The maximum atomic E-state index is 13.0. The summed E-state index contributed by atoms with van der Waals surface area (Å²) < 4.78 is 78.3. The fraction of sp³-hybridized carbons (Fsp3) is 0.400. The van der Waals surface area contributed by atoms with Gasteiger partial charge in [0.15, 0.2) is 0 Å². The zero-order valence-corrected chi connectivity index (χ0v) is 11.9. The molecule has 0 aliphatic carbocycles. The molecule has 0 aliphatic heterocycles. The van der Waals surface area contributed by atoms with E-state index in [0.29, 0.717) is 11.4 Å². The number of pyridine rings is 1. The van der Waals surface area contributed by atoms with Crippen LogP contribution in [0.3, 0.4) is 0 Å². The monoisotopic (exact) mass is 380 g/mol. The van der Waals surface area contributed by atoms with Crippen molar-refractivity contribution in [1.29, 1.82) is 0 Å². The highest BCUT2D eigenvalue weighted by molar-refractivity contribution is 9.10. The first-order valence-electron chi connectivity index (χ1n) is 5.27. The molecule has 1 aromatic rings. The van der Waals surface area contributed by atoms with E-state index >= 15 is 0 Å². The van der Waals surface area contributed by atoms with Crippen LogP contribution in [0.1, 0.15) is 6.92 Å². The van der Waals surface area contributed by atoms with Gasteiger partial charge >= 0.3 is 18.0 Å². The van der Waals surface area contributed by atoms with Gasteiger partial charge in [0.1, 0.15) is 6.20 Å².